The van der Waals surface area contributed by atoms with Gasteiger partial charge < -0.3 is 10.0 Å². The number of aliphatic hydroxyl groups is 1. The fourth-order valence-corrected chi connectivity index (χ4v) is 3.74. The molecular formula is C21H17BrN2O2. The van der Waals surface area contributed by atoms with Crippen molar-refractivity contribution >= 4 is 27.5 Å². The molecule has 0 radical (unpaired) electrons. The van der Waals surface area contributed by atoms with Gasteiger partial charge in [0.2, 0.25) is 0 Å². The van der Waals surface area contributed by atoms with Crippen molar-refractivity contribution in [2.24, 2.45) is 0 Å². The van der Waals surface area contributed by atoms with Crippen LogP contribution in [0, 0.1) is 0 Å². The van der Waals surface area contributed by atoms with Crippen LogP contribution in [0.4, 0.5) is 5.69 Å². The molecule has 1 unspecified atom stereocenters. The molecule has 130 valence electrons. The Morgan fingerprint density at radius 2 is 1.81 bits per heavy atom. The first-order chi connectivity index (χ1) is 12.6. The van der Waals surface area contributed by atoms with Crippen molar-refractivity contribution < 1.29 is 9.90 Å². The number of aromatic nitrogens is 1. The SMILES string of the molecule is O=C1N(Cc2ccccc2)c2ccc(Br)cc2C1(O)Cc1ccccn1. The van der Waals surface area contributed by atoms with Crippen molar-refractivity contribution in [3.63, 3.8) is 0 Å². The molecule has 0 aliphatic carbocycles. The quantitative estimate of drug-likeness (QED) is 0.713. The Labute approximate surface area is 160 Å². The van der Waals surface area contributed by atoms with Crippen LogP contribution in [-0.2, 0) is 23.4 Å². The van der Waals surface area contributed by atoms with Gasteiger partial charge in [0.05, 0.1) is 12.2 Å². The number of rotatable bonds is 4. The Hall–Kier alpha value is -2.50. The fraction of sp³-hybridized carbons (Fsp3) is 0.143. The summed E-state index contributed by atoms with van der Waals surface area (Å²) < 4.78 is 0.824. The van der Waals surface area contributed by atoms with E-state index in [4.69, 9.17) is 0 Å². The van der Waals surface area contributed by atoms with E-state index < -0.39 is 5.60 Å². The van der Waals surface area contributed by atoms with Gasteiger partial charge in [-0.15, -0.1) is 0 Å². The summed E-state index contributed by atoms with van der Waals surface area (Å²) in [6.45, 7) is 0.416. The highest BCUT2D eigenvalue weighted by Gasteiger charge is 2.50. The van der Waals surface area contributed by atoms with Crippen LogP contribution in [0.15, 0.2) is 77.4 Å². The number of halogens is 1. The van der Waals surface area contributed by atoms with Gasteiger partial charge in [0.25, 0.3) is 5.91 Å². The molecule has 0 saturated carbocycles. The number of amides is 1. The van der Waals surface area contributed by atoms with Gasteiger partial charge in [0.1, 0.15) is 0 Å². The number of nitrogens with zero attached hydrogens (tertiary/aromatic N) is 2. The van der Waals surface area contributed by atoms with E-state index in [2.05, 4.69) is 20.9 Å². The smallest absolute Gasteiger partial charge is 0.264 e. The topological polar surface area (TPSA) is 53.4 Å². The molecule has 1 N–H and O–H groups in total. The molecule has 4 rings (SSSR count). The van der Waals surface area contributed by atoms with E-state index >= 15 is 0 Å². The van der Waals surface area contributed by atoms with E-state index in [9.17, 15) is 9.90 Å². The zero-order valence-corrected chi connectivity index (χ0v) is 15.6. The summed E-state index contributed by atoms with van der Waals surface area (Å²) in [5.74, 6) is -0.319. The summed E-state index contributed by atoms with van der Waals surface area (Å²) in [4.78, 5) is 19.2. The maximum atomic E-state index is 13.2. The molecule has 2 heterocycles. The average Bonchev–Trinajstić information content (AvgIpc) is 2.85. The third kappa shape index (κ3) is 2.93. The number of hydrogen-bond donors (Lipinski definition) is 1. The van der Waals surface area contributed by atoms with Crippen LogP contribution in [0.25, 0.3) is 0 Å². The molecule has 1 aliphatic rings. The molecule has 0 saturated heterocycles. The highest BCUT2D eigenvalue weighted by molar-refractivity contribution is 9.10. The number of anilines is 1. The largest absolute Gasteiger partial charge is 0.375 e. The monoisotopic (exact) mass is 408 g/mol. The molecule has 5 heteroatoms. The lowest BCUT2D eigenvalue weighted by Gasteiger charge is -2.23. The maximum absolute atomic E-state index is 13.2. The van der Waals surface area contributed by atoms with Gasteiger partial charge in [0, 0.05) is 28.3 Å². The Morgan fingerprint density at radius 1 is 1.04 bits per heavy atom. The minimum atomic E-state index is -1.62. The van der Waals surface area contributed by atoms with Gasteiger partial charge in [-0.1, -0.05) is 52.3 Å². The van der Waals surface area contributed by atoms with Crippen LogP contribution in [0.1, 0.15) is 16.8 Å². The van der Waals surface area contributed by atoms with E-state index in [1.807, 2.05) is 66.7 Å². The predicted octanol–water partition coefficient (Wildman–Crippen LogP) is 3.82. The Balaban J connectivity index is 1.76. The minimum Gasteiger partial charge on any atom is -0.375 e. The van der Waals surface area contributed by atoms with Gasteiger partial charge in [0.15, 0.2) is 5.60 Å². The van der Waals surface area contributed by atoms with Gasteiger partial charge >= 0.3 is 0 Å². The minimum absolute atomic E-state index is 0.140. The Kier molecular flexibility index (Phi) is 4.34. The fourth-order valence-electron chi connectivity index (χ4n) is 3.38. The Bertz CT molecular complexity index is 947. The molecular weight excluding hydrogens is 392 g/mol. The first-order valence-corrected chi connectivity index (χ1v) is 9.15. The Morgan fingerprint density at radius 3 is 2.54 bits per heavy atom. The van der Waals surface area contributed by atoms with E-state index in [-0.39, 0.29) is 12.3 Å². The van der Waals surface area contributed by atoms with Crippen LogP contribution in [-0.4, -0.2) is 16.0 Å². The summed E-state index contributed by atoms with van der Waals surface area (Å²) >= 11 is 3.45. The standard InChI is InChI=1S/C21H17BrN2O2/c22-16-9-10-19-18(12-16)21(26,13-17-8-4-5-11-23-17)20(25)24(19)14-15-6-2-1-3-7-15/h1-12,26H,13-14H2. The van der Waals surface area contributed by atoms with Crippen LogP contribution >= 0.6 is 15.9 Å². The summed E-state index contributed by atoms with van der Waals surface area (Å²) in [5, 5.41) is 11.4. The summed E-state index contributed by atoms with van der Waals surface area (Å²) in [7, 11) is 0. The van der Waals surface area contributed by atoms with E-state index in [0.29, 0.717) is 17.8 Å². The molecule has 1 amide bonds. The lowest BCUT2D eigenvalue weighted by atomic mass is 9.90. The predicted molar refractivity (Wildman–Crippen MR) is 104 cm³/mol. The van der Waals surface area contributed by atoms with Crippen LogP contribution in [0.5, 0.6) is 0 Å². The van der Waals surface area contributed by atoms with Crippen molar-refractivity contribution in [1.29, 1.82) is 0 Å². The van der Waals surface area contributed by atoms with E-state index in [0.717, 1.165) is 15.7 Å². The summed E-state index contributed by atoms with van der Waals surface area (Å²) in [6, 6.07) is 20.8. The molecule has 1 aromatic heterocycles. The van der Waals surface area contributed by atoms with Gasteiger partial charge in [-0.05, 0) is 35.9 Å². The number of carbonyl (C=O) groups is 1. The van der Waals surface area contributed by atoms with Crippen molar-refractivity contribution in [3.05, 3.63) is 94.2 Å². The number of hydrogen-bond acceptors (Lipinski definition) is 3. The first kappa shape index (κ1) is 16.9. The number of carbonyl (C=O) groups excluding carboxylic acids is 1. The van der Waals surface area contributed by atoms with Gasteiger partial charge in [-0.2, -0.15) is 0 Å². The van der Waals surface area contributed by atoms with Gasteiger partial charge in [-0.3, -0.25) is 9.78 Å². The zero-order valence-electron chi connectivity index (χ0n) is 14.0. The van der Waals surface area contributed by atoms with E-state index in [1.54, 1.807) is 11.1 Å². The van der Waals surface area contributed by atoms with Crippen molar-refractivity contribution in [3.8, 4) is 0 Å². The number of benzene rings is 2. The van der Waals surface area contributed by atoms with Gasteiger partial charge in [-0.25, -0.2) is 0 Å². The molecule has 0 fully saturated rings. The molecule has 0 bridgehead atoms. The molecule has 0 spiro atoms. The van der Waals surface area contributed by atoms with Crippen LogP contribution < -0.4 is 4.90 Å². The average molecular weight is 409 g/mol. The highest BCUT2D eigenvalue weighted by Crippen LogP contribution is 2.44. The van der Waals surface area contributed by atoms with Crippen molar-refractivity contribution in [2.75, 3.05) is 4.90 Å². The second-order valence-electron chi connectivity index (χ2n) is 6.40. The van der Waals surface area contributed by atoms with E-state index in [1.165, 1.54) is 0 Å². The molecule has 3 aromatic rings. The second kappa shape index (κ2) is 6.67. The summed E-state index contributed by atoms with van der Waals surface area (Å²) in [6.07, 6.45) is 1.81. The highest BCUT2D eigenvalue weighted by atomic mass is 79.9. The molecule has 26 heavy (non-hydrogen) atoms. The number of pyridine rings is 1. The third-order valence-electron chi connectivity index (χ3n) is 4.64. The normalized spacial score (nSPS) is 18.8. The van der Waals surface area contributed by atoms with Crippen molar-refractivity contribution in [2.45, 2.75) is 18.6 Å². The first-order valence-electron chi connectivity index (χ1n) is 8.36. The van der Waals surface area contributed by atoms with Crippen LogP contribution in [0.2, 0.25) is 0 Å². The molecule has 2 aromatic carbocycles. The molecule has 1 aliphatic heterocycles. The summed E-state index contributed by atoms with van der Waals surface area (Å²) in [5.41, 5.74) is 1.41. The lowest BCUT2D eigenvalue weighted by molar-refractivity contribution is -0.136. The molecule has 1 atom stereocenters. The molecule has 4 nitrogen and oxygen atoms in total. The second-order valence-corrected chi connectivity index (χ2v) is 7.31. The lowest BCUT2D eigenvalue weighted by Crippen LogP contribution is -2.41. The van der Waals surface area contributed by atoms with Crippen molar-refractivity contribution in [1.82, 2.24) is 4.98 Å². The third-order valence-corrected chi connectivity index (χ3v) is 5.13. The number of fused-ring (bicyclic) bond motifs is 1. The zero-order chi connectivity index (χ0) is 18.1. The van der Waals surface area contributed by atoms with Crippen LogP contribution in [0.3, 0.4) is 0 Å². The maximum Gasteiger partial charge on any atom is 0.264 e.